The van der Waals surface area contributed by atoms with Gasteiger partial charge in [-0.1, -0.05) is 77.1 Å². The maximum Gasteiger partial charge on any atom is 0.328 e. The van der Waals surface area contributed by atoms with Gasteiger partial charge in [0.05, 0.1) is 0 Å². The molecule has 0 aromatic heterocycles. The normalized spacial score (nSPS) is 12.5. The SMILES string of the molecule is CC(C)CC(NC(=O)c1ccc(C(C)(C)C)cc1)C(=O)OCc1ccccc1. The van der Waals surface area contributed by atoms with E-state index in [9.17, 15) is 9.59 Å². The largest absolute Gasteiger partial charge is 0.459 e. The number of benzene rings is 2. The molecule has 150 valence electrons. The Morgan fingerprint density at radius 3 is 2.11 bits per heavy atom. The summed E-state index contributed by atoms with van der Waals surface area (Å²) in [5.41, 5.74) is 2.64. The van der Waals surface area contributed by atoms with Crippen LogP contribution in [0.4, 0.5) is 0 Å². The lowest BCUT2D eigenvalue weighted by molar-refractivity contribution is -0.147. The molecule has 0 spiro atoms. The number of carbonyl (C=O) groups is 2. The second-order valence-electron chi connectivity index (χ2n) is 8.58. The summed E-state index contributed by atoms with van der Waals surface area (Å²) in [7, 11) is 0. The summed E-state index contributed by atoms with van der Waals surface area (Å²) < 4.78 is 5.44. The zero-order chi connectivity index (χ0) is 20.7. The van der Waals surface area contributed by atoms with Gasteiger partial charge < -0.3 is 10.1 Å². The molecule has 0 aliphatic rings. The highest BCUT2D eigenvalue weighted by atomic mass is 16.5. The molecule has 0 bridgehead atoms. The Hall–Kier alpha value is -2.62. The molecule has 1 N–H and O–H groups in total. The molecule has 0 saturated heterocycles. The Balaban J connectivity index is 2.03. The molecule has 2 aromatic rings. The van der Waals surface area contributed by atoms with Crippen LogP contribution in [0.15, 0.2) is 54.6 Å². The second kappa shape index (κ2) is 9.54. The number of carbonyl (C=O) groups excluding carboxylic acids is 2. The van der Waals surface area contributed by atoms with Gasteiger partial charge >= 0.3 is 5.97 Å². The van der Waals surface area contributed by atoms with Crippen molar-refractivity contribution in [1.82, 2.24) is 5.32 Å². The van der Waals surface area contributed by atoms with Crippen LogP contribution in [0, 0.1) is 5.92 Å². The molecule has 0 fully saturated rings. The predicted octanol–water partition coefficient (Wildman–Crippen LogP) is 4.87. The van der Waals surface area contributed by atoms with Gasteiger partial charge in [-0.2, -0.15) is 0 Å². The van der Waals surface area contributed by atoms with E-state index in [0.717, 1.165) is 11.1 Å². The van der Waals surface area contributed by atoms with Crippen molar-refractivity contribution >= 4 is 11.9 Å². The number of ether oxygens (including phenoxy) is 1. The highest BCUT2D eigenvalue weighted by Crippen LogP contribution is 2.22. The van der Waals surface area contributed by atoms with Gasteiger partial charge in [-0.25, -0.2) is 4.79 Å². The van der Waals surface area contributed by atoms with Crippen molar-refractivity contribution in [2.75, 3.05) is 0 Å². The maximum absolute atomic E-state index is 12.7. The van der Waals surface area contributed by atoms with Crippen molar-refractivity contribution in [3.05, 3.63) is 71.3 Å². The van der Waals surface area contributed by atoms with Gasteiger partial charge in [0, 0.05) is 5.56 Å². The molecule has 0 heterocycles. The van der Waals surface area contributed by atoms with Gasteiger partial charge in [0.25, 0.3) is 5.91 Å². The van der Waals surface area contributed by atoms with Gasteiger partial charge in [-0.15, -0.1) is 0 Å². The summed E-state index contributed by atoms with van der Waals surface area (Å²) >= 11 is 0. The van der Waals surface area contributed by atoms with Gasteiger partial charge in [-0.05, 0) is 41.0 Å². The minimum Gasteiger partial charge on any atom is -0.459 e. The van der Waals surface area contributed by atoms with E-state index in [1.54, 1.807) is 12.1 Å². The van der Waals surface area contributed by atoms with Crippen LogP contribution in [0.3, 0.4) is 0 Å². The molecule has 2 rings (SSSR count). The monoisotopic (exact) mass is 381 g/mol. The number of amides is 1. The fraction of sp³-hybridized carbons (Fsp3) is 0.417. The summed E-state index contributed by atoms with van der Waals surface area (Å²) in [5.74, 6) is -0.419. The molecule has 1 unspecified atom stereocenters. The van der Waals surface area contributed by atoms with Crippen LogP contribution in [0.5, 0.6) is 0 Å². The lowest BCUT2D eigenvalue weighted by Crippen LogP contribution is -2.42. The quantitative estimate of drug-likeness (QED) is 0.696. The minimum absolute atomic E-state index is 0.0242. The van der Waals surface area contributed by atoms with Gasteiger partial charge in [0.15, 0.2) is 0 Å². The van der Waals surface area contributed by atoms with Crippen LogP contribution < -0.4 is 5.32 Å². The third-order valence-electron chi connectivity index (χ3n) is 4.53. The van der Waals surface area contributed by atoms with Crippen molar-refractivity contribution in [2.24, 2.45) is 5.92 Å². The van der Waals surface area contributed by atoms with Crippen LogP contribution in [0.1, 0.15) is 62.5 Å². The number of hydrogen-bond donors (Lipinski definition) is 1. The first-order chi connectivity index (χ1) is 13.2. The molecule has 4 nitrogen and oxygen atoms in total. The Labute approximate surface area is 168 Å². The van der Waals surface area contributed by atoms with E-state index in [-0.39, 0.29) is 23.8 Å². The maximum atomic E-state index is 12.7. The molecule has 4 heteroatoms. The third-order valence-corrected chi connectivity index (χ3v) is 4.53. The first kappa shape index (κ1) is 21.7. The highest BCUT2D eigenvalue weighted by Gasteiger charge is 2.24. The Morgan fingerprint density at radius 1 is 0.964 bits per heavy atom. The molecule has 2 aromatic carbocycles. The number of hydrogen-bond acceptors (Lipinski definition) is 3. The second-order valence-corrected chi connectivity index (χ2v) is 8.58. The lowest BCUT2D eigenvalue weighted by Gasteiger charge is -2.21. The summed E-state index contributed by atoms with van der Waals surface area (Å²) in [6.07, 6.45) is 0.527. The smallest absolute Gasteiger partial charge is 0.328 e. The lowest BCUT2D eigenvalue weighted by atomic mass is 9.86. The zero-order valence-electron chi connectivity index (χ0n) is 17.5. The van der Waals surface area contributed by atoms with Gasteiger partial charge in [0.1, 0.15) is 12.6 Å². The molecule has 0 aliphatic heterocycles. The third kappa shape index (κ3) is 6.52. The first-order valence-electron chi connectivity index (χ1n) is 9.79. The Kier molecular flexibility index (Phi) is 7.38. The van der Waals surface area contributed by atoms with E-state index in [0.29, 0.717) is 12.0 Å². The van der Waals surface area contributed by atoms with E-state index in [1.807, 2.05) is 56.3 Å². The van der Waals surface area contributed by atoms with E-state index in [1.165, 1.54) is 0 Å². The van der Waals surface area contributed by atoms with Crippen molar-refractivity contribution in [2.45, 2.75) is 59.1 Å². The Morgan fingerprint density at radius 2 is 1.57 bits per heavy atom. The van der Waals surface area contributed by atoms with Crippen molar-refractivity contribution < 1.29 is 14.3 Å². The van der Waals surface area contributed by atoms with Crippen LogP contribution in [0.25, 0.3) is 0 Å². The average molecular weight is 382 g/mol. The zero-order valence-corrected chi connectivity index (χ0v) is 17.5. The van der Waals surface area contributed by atoms with Crippen LogP contribution in [-0.2, 0) is 21.6 Å². The van der Waals surface area contributed by atoms with Crippen LogP contribution in [0.2, 0.25) is 0 Å². The predicted molar refractivity (Wildman–Crippen MR) is 112 cm³/mol. The summed E-state index contributed by atoms with van der Waals surface area (Å²) in [6.45, 7) is 10.6. The average Bonchev–Trinajstić information content (AvgIpc) is 2.65. The molecule has 0 aliphatic carbocycles. The molecule has 0 radical (unpaired) electrons. The number of nitrogens with one attached hydrogen (secondary N) is 1. The molecular formula is C24H31NO3. The summed E-state index contributed by atoms with van der Waals surface area (Å²) in [4.78, 5) is 25.2. The van der Waals surface area contributed by atoms with Crippen LogP contribution in [-0.4, -0.2) is 17.9 Å². The molecule has 1 amide bonds. The van der Waals surface area contributed by atoms with Crippen LogP contribution >= 0.6 is 0 Å². The molecule has 28 heavy (non-hydrogen) atoms. The van der Waals surface area contributed by atoms with E-state index in [2.05, 4.69) is 26.1 Å². The standard InChI is InChI=1S/C24H31NO3/c1-17(2)15-21(23(27)28-16-18-9-7-6-8-10-18)25-22(26)19-11-13-20(14-12-19)24(3,4)5/h6-14,17,21H,15-16H2,1-5H3,(H,25,26). The Bertz CT molecular complexity index is 774. The van der Waals surface area contributed by atoms with Crippen molar-refractivity contribution in [1.29, 1.82) is 0 Å². The topological polar surface area (TPSA) is 55.4 Å². The summed E-state index contributed by atoms with van der Waals surface area (Å²) in [6, 6.07) is 16.4. The first-order valence-corrected chi connectivity index (χ1v) is 9.79. The fourth-order valence-electron chi connectivity index (χ4n) is 2.88. The van der Waals surface area contributed by atoms with E-state index >= 15 is 0 Å². The molecule has 1 atom stereocenters. The van der Waals surface area contributed by atoms with E-state index < -0.39 is 12.0 Å². The van der Waals surface area contributed by atoms with Gasteiger partial charge in [0.2, 0.25) is 0 Å². The van der Waals surface area contributed by atoms with Crippen molar-refractivity contribution in [3.8, 4) is 0 Å². The fourth-order valence-corrected chi connectivity index (χ4v) is 2.88. The number of esters is 1. The highest BCUT2D eigenvalue weighted by molar-refractivity contribution is 5.96. The number of rotatable bonds is 7. The van der Waals surface area contributed by atoms with Crippen molar-refractivity contribution in [3.63, 3.8) is 0 Å². The minimum atomic E-state index is -0.668. The molecular weight excluding hydrogens is 350 g/mol. The summed E-state index contributed by atoms with van der Waals surface area (Å²) in [5, 5.41) is 2.85. The van der Waals surface area contributed by atoms with E-state index in [4.69, 9.17) is 4.74 Å². The van der Waals surface area contributed by atoms with Gasteiger partial charge in [-0.3, -0.25) is 4.79 Å². The molecule has 0 saturated carbocycles.